The second-order valence-corrected chi connectivity index (χ2v) is 5.96. The Hall–Kier alpha value is -1.71. The smallest absolute Gasteiger partial charge is 0.251 e. The minimum Gasteiger partial charge on any atom is -0.495 e. The number of benzene rings is 1. The minimum atomic E-state index is -0.0537. The Morgan fingerprint density at radius 3 is 2.52 bits per heavy atom. The van der Waals surface area contributed by atoms with Crippen LogP contribution in [0, 0.1) is 11.8 Å². The third kappa shape index (κ3) is 4.13. The van der Waals surface area contributed by atoms with Gasteiger partial charge >= 0.3 is 0 Å². The minimum absolute atomic E-state index is 0.0537. The Bertz CT molecular complexity index is 480. The summed E-state index contributed by atoms with van der Waals surface area (Å²) in [5.74, 6) is 2.05. The molecule has 2 rings (SSSR count). The van der Waals surface area contributed by atoms with Crippen molar-refractivity contribution in [1.29, 1.82) is 0 Å². The lowest BCUT2D eigenvalue weighted by Gasteiger charge is -2.27. The number of ether oxygens (including phenoxy) is 1. The van der Waals surface area contributed by atoms with Crippen molar-refractivity contribution in [3.8, 4) is 5.75 Å². The number of hydrogen-bond acceptors (Lipinski definition) is 3. The molecule has 1 fully saturated rings. The predicted octanol–water partition coefficient (Wildman–Crippen LogP) is 3.22. The second kappa shape index (κ2) is 7.34. The highest BCUT2D eigenvalue weighted by Gasteiger charge is 2.20. The summed E-state index contributed by atoms with van der Waals surface area (Å²) in [5, 5.41) is 3.03. The summed E-state index contributed by atoms with van der Waals surface area (Å²) in [4.78, 5) is 12.2. The Morgan fingerprint density at radius 1 is 1.29 bits per heavy atom. The fraction of sp³-hybridized carbons (Fsp3) is 0.588. The topological polar surface area (TPSA) is 64.3 Å². The van der Waals surface area contributed by atoms with Gasteiger partial charge in [0.25, 0.3) is 5.91 Å². The molecule has 21 heavy (non-hydrogen) atoms. The number of carbonyl (C=O) groups excluding carboxylic acids is 1. The molecule has 4 heteroatoms. The molecule has 0 bridgehead atoms. The predicted molar refractivity (Wildman–Crippen MR) is 85.5 cm³/mol. The van der Waals surface area contributed by atoms with Gasteiger partial charge in [0, 0.05) is 12.1 Å². The van der Waals surface area contributed by atoms with Gasteiger partial charge in [-0.1, -0.05) is 26.2 Å². The van der Waals surface area contributed by atoms with Crippen LogP contribution in [0.4, 0.5) is 5.69 Å². The van der Waals surface area contributed by atoms with Crippen LogP contribution in [0.15, 0.2) is 18.2 Å². The van der Waals surface area contributed by atoms with E-state index in [9.17, 15) is 4.79 Å². The molecule has 0 heterocycles. The first kappa shape index (κ1) is 15.7. The third-order valence-corrected chi connectivity index (χ3v) is 4.59. The van der Waals surface area contributed by atoms with Crippen LogP contribution in [0.25, 0.3) is 0 Å². The van der Waals surface area contributed by atoms with Crippen molar-refractivity contribution in [1.82, 2.24) is 5.32 Å². The van der Waals surface area contributed by atoms with Crippen molar-refractivity contribution in [2.75, 3.05) is 19.4 Å². The number of rotatable bonds is 5. The summed E-state index contributed by atoms with van der Waals surface area (Å²) in [6.07, 6.45) is 6.33. The molecule has 0 unspecified atom stereocenters. The molecule has 3 N–H and O–H groups in total. The molecule has 1 aliphatic carbocycles. The van der Waals surface area contributed by atoms with Gasteiger partial charge in [-0.3, -0.25) is 4.79 Å². The standard InChI is InChI=1S/C17H26N2O2/c1-3-12-4-6-13(7-5-12)11-19-17(20)14-8-9-16(21-2)15(18)10-14/h8-10,12-13H,3-7,11,18H2,1-2H3,(H,19,20). The van der Waals surface area contributed by atoms with Crippen LogP contribution in [-0.2, 0) is 0 Å². The van der Waals surface area contributed by atoms with Gasteiger partial charge in [-0.2, -0.15) is 0 Å². The Morgan fingerprint density at radius 2 is 1.95 bits per heavy atom. The lowest BCUT2D eigenvalue weighted by Crippen LogP contribution is -2.31. The van der Waals surface area contributed by atoms with E-state index in [0.29, 0.717) is 22.9 Å². The molecule has 1 aliphatic rings. The highest BCUT2D eigenvalue weighted by molar-refractivity contribution is 5.95. The molecule has 4 nitrogen and oxygen atoms in total. The fourth-order valence-corrected chi connectivity index (χ4v) is 3.06. The number of anilines is 1. The first-order chi connectivity index (χ1) is 10.1. The zero-order chi connectivity index (χ0) is 15.2. The van der Waals surface area contributed by atoms with Gasteiger partial charge < -0.3 is 15.8 Å². The van der Waals surface area contributed by atoms with E-state index in [4.69, 9.17) is 10.5 Å². The van der Waals surface area contributed by atoms with Crippen LogP contribution in [-0.4, -0.2) is 19.6 Å². The maximum atomic E-state index is 12.2. The molecule has 116 valence electrons. The summed E-state index contributed by atoms with van der Waals surface area (Å²) in [5.41, 5.74) is 6.92. The molecule has 1 aromatic carbocycles. The molecule has 0 aromatic heterocycles. The Labute approximate surface area is 127 Å². The number of hydrogen-bond donors (Lipinski definition) is 2. The van der Waals surface area contributed by atoms with Crippen molar-refractivity contribution in [3.05, 3.63) is 23.8 Å². The Balaban J connectivity index is 1.83. The third-order valence-electron chi connectivity index (χ3n) is 4.59. The molecule has 1 amide bonds. The van der Waals surface area contributed by atoms with E-state index in [1.165, 1.54) is 32.1 Å². The zero-order valence-corrected chi connectivity index (χ0v) is 13.0. The van der Waals surface area contributed by atoms with E-state index in [-0.39, 0.29) is 5.91 Å². The van der Waals surface area contributed by atoms with Crippen molar-refractivity contribution < 1.29 is 9.53 Å². The average molecular weight is 290 g/mol. The summed E-state index contributed by atoms with van der Waals surface area (Å²) >= 11 is 0. The largest absolute Gasteiger partial charge is 0.495 e. The van der Waals surface area contributed by atoms with Crippen molar-refractivity contribution >= 4 is 11.6 Å². The average Bonchev–Trinajstić information content (AvgIpc) is 2.53. The first-order valence-corrected chi connectivity index (χ1v) is 7.85. The maximum absolute atomic E-state index is 12.2. The molecule has 0 spiro atoms. The summed E-state index contributed by atoms with van der Waals surface area (Å²) < 4.78 is 5.10. The van der Waals surface area contributed by atoms with Crippen LogP contribution in [0.3, 0.4) is 0 Å². The molecule has 0 radical (unpaired) electrons. The highest BCUT2D eigenvalue weighted by atomic mass is 16.5. The van der Waals surface area contributed by atoms with Gasteiger partial charge in [0.05, 0.1) is 12.8 Å². The van der Waals surface area contributed by atoms with E-state index in [2.05, 4.69) is 12.2 Å². The summed E-state index contributed by atoms with van der Waals surface area (Å²) in [6, 6.07) is 5.15. The normalized spacial score (nSPS) is 21.8. The maximum Gasteiger partial charge on any atom is 0.251 e. The van der Waals surface area contributed by atoms with Gasteiger partial charge in [0.15, 0.2) is 0 Å². The highest BCUT2D eigenvalue weighted by Crippen LogP contribution is 2.30. The lowest BCUT2D eigenvalue weighted by molar-refractivity contribution is 0.0941. The first-order valence-electron chi connectivity index (χ1n) is 7.85. The molecule has 0 atom stereocenters. The Kier molecular flexibility index (Phi) is 5.48. The van der Waals surface area contributed by atoms with E-state index in [1.807, 2.05) is 0 Å². The number of methoxy groups -OCH3 is 1. The van der Waals surface area contributed by atoms with Crippen LogP contribution < -0.4 is 15.8 Å². The molecular formula is C17H26N2O2. The van der Waals surface area contributed by atoms with E-state index < -0.39 is 0 Å². The number of carbonyl (C=O) groups is 1. The quantitative estimate of drug-likeness (QED) is 0.818. The van der Waals surface area contributed by atoms with Crippen molar-refractivity contribution in [2.45, 2.75) is 39.0 Å². The second-order valence-electron chi connectivity index (χ2n) is 5.96. The number of amides is 1. The summed E-state index contributed by atoms with van der Waals surface area (Å²) in [6.45, 7) is 3.03. The van der Waals surface area contributed by atoms with Crippen molar-refractivity contribution in [2.24, 2.45) is 11.8 Å². The fourth-order valence-electron chi connectivity index (χ4n) is 3.06. The van der Waals surface area contributed by atoms with Crippen LogP contribution in [0.2, 0.25) is 0 Å². The molecule has 0 saturated heterocycles. The number of nitrogens with two attached hydrogens (primary N) is 1. The van der Waals surface area contributed by atoms with E-state index in [0.717, 1.165) is 12.5 Å². The molecule has 0 aliphatic heterocycles. The number of nitrogen functional groups attached to an aromatic ring is 1. The van der Waals surface area contributed by atoms with E-state index >= 15 is 0 Å². The number of nitrogens with one attached hydrogen (secondary N) is 1. The van der Waals surface area contributed by atoms with Crippen LogP contribution in [0.5, 0.6) is 5.75 Å². The van der Waals surface area contributed by atoms with E-state index in [1.54, 1.807) is 25.3 Å². The SMILES string of the molecule is CCC1CCC(CNC(=O)c2ccc(OC)c(N)c2)CC1. The lowest BCUT2D eigenvalue weighted by atomic mass is 9.81. The van der Waals surface area contributed by atoms with Crippen LogP contribution >= 0.6 is 0 Å². The molecular weight excluding hydrogens is 264 g/mol. The van der Waals surface area contributed by atoms with Gasteiger partial charge in [0.2, 0.25) is 0 Å². The van der Waals surface area contributed by atoms with Gasteiger partial charge in [-0.15, -0.1) is 0 Å². The molecule has 1 aromatic rings. The van der Waals surface area contributed by atoms with Gasteiger partial charge in [-0.05, 0) is 42.9 Å². The van der Waals surface area contributed by atoms with Gasteiger partial charge in [-0.25, -0.2) is 0 Å². The monoisotopic (exact) mass is 290 g/mol. The molecule has 1 saturated carbocycles. The summed E-state index contributed by atoms with van der Waals surface area (Å²) in [7, 11) is 1.57. The van der Waals surface area contributed by atoms with Crippen molar-refractivity contribution in [3.63, 3.8) is 0 Å². The van der Waals surface area contributed by atoms with Gasteiger partial charge in [0.1, 0.15) is 5.75 Å². The van der Waals surface area contributed by atoms with Crippen LogP contribution in [0.1, 0.15) is 49.4 Å². The zero-order valence-electron chi connectivity index (χ0n) is 13.0.